The summed E-state index contributed by atoms with van der Waals surface area (Å²) in [6, 6.07) is 47.1. The Hall–Kier alpha value is -4.80. The molecule has 2 aliphatic heterocycles. The van der Waals surface area contributed by atoms with Crippen LogP contribution in [-0.2, 0) is 0 Å². The van der Waals surface area contributed by atoms with Crippen molar-refractivity contribution in [3.63, 3.8) is 0 Å². The minimum absolute atomic E-state index is 0.163. The lowest BCUT2D eigenvalue weighted by Crippen LogP contribution is -2.60. The Labute approximate surface area is 235 Å². The van der Waals surface area contributed by atoms with Crippen molar-refractivity contribution in [1.29, 1.82) is 0 Å². The second-order valence-corrected chi connectivity index (χ2v) is 12.0. The molecule has 6 aromatic carbocycles. The lowest BCUT2D eigenvalue weighted by molar-refractivity contribution is 1.18. The van der Waals surface area contributed by atoms with Gasteiger partial charge in [-0.15, -0.1) is 11.3 Å². The molecule has 8 aromatic rings. The van der Waals surface area contributed by atoms with Crippen LogP contribution in [0.3, 0.4) is 0 Å². The van der Waals surface area contributed by atoms with Gasteiger partial charge in [0.2, 0.25) is 0 Å². The van der Waals surface area contributed by atoms with Gasteiger partial charge >= 0.3 is 0 Å². The molecular formula is C36H21BN2S. The largest absolute Gasteiger partial charge is 0.311 e. The van der Waals surface area contributed by atoms with Crippen LogP contribution in [0, 0.1) is 0 Å². The summed E-state index contributed by atoms with van der Waals surface area (Å²) in [4.78, 5) is 2.45. The van der Waals surface area contributed by atoms with Gasteiger partial charge in [0.1, 0.15) is 0 Å². The van der Waals surface area contributed by atoms with Crippen molar-refractivity contribution in [1.82, 2.24) is 4.57 Å². The number of benzene rings is 6. The number of hydrogen-bond acceptors (Lipinski definition) is 2. The summed E-state index contributed by atoms with van der Waals surface area (Å²) in [5, 5.41) is 5.47. The van der Waals surface area contributed by atoms with Crippen LogP contribution in [0.15, 0.2) is 127 Å². The van der Waals surface area contributed by atoms with Crippen molar-refractivity contribution in [2.75, 3.05) is 4.90 Å². The molecule has 0 spiro atoms. The summed E-state index contributed by atoms with van der Waals surface area (Å²) in [6.45, 7) is 0.163. The van der Waals surface area contributed by atoms with E-state index in [1.807, 2.05) is 11.3 Å². The number of anilines is 3. The van der Waals surface area contributed by atoms with Crippen LogP contribution < -0.4 is 21.3 Å². The van der Waals surface area contributed by atoms with Gasteiger partial charge in [-0.05, 0) is 64.9 Å². The van der Waals surface area contributed by atoms with Crippen molar-refractivity contribution in [2.45, 2.75) is 0 Å². The highest BCUT2D eigenvalue weighted by Crippen LogP contribution is 2.45. The summed E-state index contributed by atoms with van der Waals surface area (Å²) < 4.78 is 5.28. The Bertz CT molecular complexity index is 2350. The monoisotopic (exact) mass is 524 g/mol. The first-order valence-corrected chi connectivity index (χ1v) is 14.6. The number of thiophene rings is 1. The van der Waals surface area contributed by atoms with E-state index in [0.29, 0.717) is 0 Å². The van der Waals surface area contributed by atoms with Crippen molar-refractivity contribution >= 4 is 93.5 Å². The molecule has 0 saturated carbocycles. The van der Waals surface area contributed by atoms with Gasteiger partial charge in [0.25, 0.3) is 6.71 Å². The van der Waals surface area contributed by atoms with E-state index in [1.54, 1.807) is 0 Å². The first kappa shape index (κ1) is 21.1. The summed E-state index contributed by atoms with van der Waals surface area (Å²) in [6.07, 6.45) is 0. The molecule has 0 aliphatic carbocycles. The topological polar surface area (TPSA) is 8.17 Å². The maximum absolute atomic E-state index is 2.55. The van der Waals surface area contributed by atoms with E-state index >= 15 is 0 Å². The Kier molecular flexibility index (Phi) is 3.92. The number of rotatable bonds is 1. The minimum Gasteiger partial charge on any atom is -0.311 e. The predicted molar refractivity (Wildman–Crippen MR) is 173 cm³/mol. The zero-order valence-corrected chi connectivity index (χ0v) is 22.3. The number of fused-ring (bicyclic) bond motifs is 11. The Morgan fingerprint density at radius 1 is 0.525 bits per heavy atom. The number of hydrogen-bond donors (Lipinski definition) is 0. The molecular weight excluding hydrogens is 503 g/mol. The average Bonchev–Trinajstić information content (AvgIpc) is 3.55. The SMILES string of the molecule is c1ccc(N2c3ccccc3B3c4c2cccc4-n2c4ccccc4c4c5c(cc3c42)sc2ccccc25)cc1. The fourth-order valence-electron chi connectivity index (χ4n) is 7.50. The molecule has 0 atom stereocenters. The third-order valence-corrected chi connectivity index (χ3v) is 10.1. The fraction of sp³-hybridized carbons (Fsp3) is 0. The molecule has 4 heterocycles. The van der Waals surface area contributed by atoms with Gasteiger partial charge in [-0.1, -0.05) is 78.9 Å². The van der Waals surface area contributed by atoms with Crippen LogP contribution in [0.1, 0.15) is 0 Å². The molecule has 2 aromatic heterocycles. The molecule has 0 unspecified atom stereocenters. The van der Waals surface area contributed by atoms with Gasteiger partial charge in [-0.25, -0.2) is 0 Å². The highest BCUT2D eigenvalue weighted by atomic mass is 32.1. The molecule has 10 rings (SSSR count). The maximum atomic E-state index is 2.55. The normalized spacial score (nSPS) is 13.4. The first-order chi connectivity index (χ1) is 19.9. The summed E-state index contributed by atoms with van der Waals surface area (Å²) in [5.74, 6) is 0. The van der Waals surface area contributed by atoms with E-state index in [4.69, 9.17) is 0 Å². The van der Waals surface area contributed by atoms with E-state index in [-0.39, 0.29) is 6.71 Å². The minimum atomic E-state index is 0.163. The van der Waals surface area contributed by atoms with Crippen LogP contribution in [0.4, 0.5) is 17.1 Å². The Morgan fingerprint density at radius 2 is 1.25 bits per heavy atom. The van der Waals surface area contributed by atoms with Gasteiger partial charge < -0.3 is 9.47 Å². The molecule has 0 N–H and O–H groups in total. The van der Waals surface area contributed by atoms with E-state index < -0.39 is 0 Å². The van der Waals surface area contributed by atoms with E-state index in [2.05, 4.69) is 137 Å². The second-order valence-electron chi connectivity index (χ2n) is 10.9. The van der Waals surface area contributed by atoms with Gasteiger partial charge in [0, 0.05) is 53.7 Å². The maximum Gasteiger partial charge on any atom is 0.252 e. The zero-order valence-electron chi connectivity index (χ0n) is 21.5. The van der Waals surface area contributed by atoms with Crippen molar-refractivity contribution < 1.29 is 0 Å². The predicted octanol–water partition coefficient (Wildman–Crippen LogP) is 7.76. The van der Waals surface area contributed by atoms with Crippen LogP contribution in [0.25, 0.3) is 47.7 Å². The average molecular weight is 524 g/mol. The third kappa shape index (κ3) is 2.46. The van der Waals surface area contributed by atoms with Crippen molar-refractivity contribution in [2.24, 2.45) is 0 Å². The standard InChI is InChI=1S/C36H21BN2S/c1-2-11-22(12-3-1)38-28-17-8-6-15-25(28)37-26-21-32-33(24-14-5-9-20-31(24)40-32)34-23-13-4-7-16-27(23)39(36(26)34)30-19-10-18-29(38)35(30)37/h1-21H. The number of aromatic nitrogens is 1. The number of nitrogens with zero attached hydrogens (tertiary/aromatic N) is 2. The van der Waals surface area contributed by atoms with Gasteiger partial charge in [-0.2, -0.15) is 0 Å². The molecule has 0 bridgehead atoms. The molecule has 184 valence electrons. The molecule has 40 heavy (non-hydrogen) atoms. The molecule has 0 radical (unpaired) electrons. The van der Waals surface area contributed by atoms with Crippen LogP contribution in [0.5, 0.6) is 0 Å². The van der Waals surface area contributed by atoms with Crippen molar-refractivity contribution in [3.8, 4) is 5.69 Å². The smallest absolute Gasteiger partial charge is 0.252 e. The highest BCUT2D eigenvalue weighted by molar-refractivity contribution is 7.26. The third-order valence-electron chi connectivity index (χ3n) is 8.95. The fourth-order valence-corrected chi connectivity index (χ4v) is 8.66. The molecule has 2 nitrogen and oxygen atoms in total. The molecule has 0 amide bonds. The van der Waals surface area contributed by atoms with Gasteiger partial charge in [-0.3, -0.25) is 0 Å². The lowest BCUT2D eigenvalue weighted by atomic mass is 9.34. The number of para-hydroxylation sites is 3. The Balaban J connectivity index is 1.45. The molecule has 4 heteroatoms. The van der Waals surface area contributed by atoms with E-state index in [9.17, 15) is 0 Å². The summed E-state index contributed by atoms with van der Waals surface area (Å²) in [5.41, 5.74) is 11.8. The van der Waals surface area contributed by atoms with Crippen LogP contribution in [0.2, 0.25) is 0 Å². The van der Waals surface area contributed by atoms with E-state index in [0.717, 1.165) is 0 Å². The Morgan fingerprint density at radius 3 is 2.17 bits per heavy atom. The van der Waals surface area contributed by atoms with Crippen LogP contribution in [-0.4, -0.2) is 11.3 Å². The van der Waals surface area contributed by atoms with E-state index in [1.165, 1.54) is 81.1 Å². The molecule has 0 saturated heterocycles. The first-order valence-electron chi connectivity index (χ1n) is 13.8. The second kappa shape index (κ2) is 7.44. The molecule has 2 aliphatic rings. The van der Waals surface area contributed by atoms with Gasteiger partial charge in [0.15, 0.2) is 0 Å². The quantitative estimate of drug-likeness (QED) is 0.199. The zero-order chi connectivity index (χ0) is 25.9. The van der Waals surface area contributed by atoms with Gasteiger partial charge in [0.05, 0.1) is 11.0 Å². The summed E-state index contributed by atoms with van der Waals surface area (Å²) >= 11 is 1.92. The summed E-state index contributed by atoms with van der Waals surface area (Å²) in [7, 11) is 0. The lowest BCUT2D eigenvalue weighted by Gasteiger charge is -2.40. The van der Waals surface area contributed by atoms with Crippen LogP contribution >= 0.6 is 11.3 Å². The highest BCUT2D eigenvalue weighted by Gasteiger charge is 2.42. The van der Waals surface area contributed by atoms with Crippen molar-refractivity contribution in [3.05, 3.63) is 127 Å². The molecule has 0 fully saturated rings.